The van der Waals surface area contributed by atoms with Crippen LogP contribution in [0.4, 0.5) is 0 Å². The lowest BCUT2D eigenvalue weighted by molar-refractivity contribution is 0.211. The van der Waals surface area contributed by atoms with Gasteiger partial charge in [-0.15, -0.1) is 0 Å². The Kier molecular flexibility index (Phi) is 5.38. The van der Waals surface area contributed by atoms with E-state index in [-0.39, 0.29) is 12.4 Å². The van der Waals surface area contributed by atoms with E-state index in [2.05, 4.69) is 30.0 Å². The van der Waals surface area contributed by atoms with Crippen LogP contribution in [-0.2, 0) is 6.54 Å². The first-order chi connectivity index (χ1) is 11.7. The Morgan fingerprint density at radius 1 is 1.17 bits per heavy atom. The number of fused-ring (bicyclic) bond motifs is 1. The van der Waals surface area contributed by atoms with Crippen molar-refractivity contribution >= 4 is 0 Å². The van der Waals surface area contributed by atoms with E-state index in [0.29, 0.717) is 12.4 Å². The van der Waals surface area contributed by atoms with E-state index in [1.807, 2.05) is 12.1 Å². The van der Waals surface area contributed by atoms with Gasteiger partial charge in [-0.05, 0) is 55.1 Å². The average molecular weight is 327 g/mol. The molecular weight excluding hydrogens is 302 g/mol. The lowest BCUT2D eigenvalue weighted by Crippen LogP contribution is -2.26. The van der Waals surface area contributed by atoms with Gasteiger partial charge in [-0.2, -0.15) is 0 Å². The van der Waals surface area contributed by atoms with Crippen molar-refractivity contribution in [3.63, 3.8) is 0 Å². The molecule has 1 aliphatic rings. The largest absolute Gasteiger partial charge is 0.504 e. The minimum absolute atomic E-state index is 0.211. The maximum Gasteiger partial charge on any atom is 0.165 e. The summed E-state index contributed by atoms with van der Waals surface area (Å²) in [5.74, 6) is 0.819. The molecule has 0 bridgehead atoms. The second kappa shape index (κ2) is 7.69. The minimum atomic E-state index is 0.211. The van der Waals surface area contributed by atoms with Crippen molar-refractivity contribution in [3.05, 3.63) is 47.5 Å². The van der Waals surface area contributed by atoms with Gasteiger partial charge in [0.25, 0.3) is 0 Å². The molecule has 4 heteroatoms. The summed E-state index contributed by atoms with van der Waals surface area (Å²) < 4.78 is 5.80. The monoisotopic (exact) mass is 327 g/mol. The number of hydrogen-bond donors (Lipinski definition) is 2. The summed E-state index contributed by atoms with van der Waals surface area (Å²) in [5, 5.41) is 19.4. The van der Waals surface area contributed by atoms with Gasteiger partial charge < -0.3 is 14.9 Å². The van der Waals surface area contributed by atoms with Crippen molar-refractivity contribution in [2.75, 3.05) is 26.3 Å². The van der Waals surface area contributed by atoms with Crippen molar-refractivity contribution in [2.45, 2.75) is 26.3 Å². The Morgan fingerprint density at radius 3 is 2.79 bits per heavy atom. The summed E-state index contributed by atoms with van der Waals surface area (Å²) in [6.45, 7) is 5.41. The van der Waals surface area contributed by atoms with Crippen LogP contribution < -0.4 is 4.74 Å². The summed E-state index contributed by atoms with van der Waals surface area (Å²) in [7, 11) is 0. The Labute approximate surface area is 143 Å². The number of nitrogens with zero attached hydrogens (tertiary/aromatic N) is 1. The number of unbranched alkanes of at least 4 members (excludes halogenated alkanes) is 1. The number of aryl methyl sites for hydroxylation is 1. The molecule has 0 amide bonds. The molecule has 0 saturated heterocycles. The van der Waals surface area contributed by atoms with Gasteiger partial charge in [-0.3, -0.25) is 4.90 Å². The number of aromatic hydroxyl groups is 1. The van der Waals surface area contributed by atoms with Crippen LogP contribution in [0.3, 0.4) is 0 Å². The van der Waals surface area contributed by atoms with Crippen molar-refractivity contribution in [2.24, 2.45) is 0 Å². The smallest absolute Gasteiger partial charge is 0.165 e. The molecule has 0 aromatic heterocycles. The predicted octanol–water partition coefficient (Wildman–Crippen LogP) is 3.33. The van der Waals surface area contributed by atoms with Crippen LogP contribution in [0.15, 0.2) is 36.4 Å². The summed E-state index contributed by atoms with van der Waals surface area (Å²) in [4.78, 5) is 2.32. The highest BCUT2D eigenvalue weighted by Crippen LogP contribution is 2.38. The molecule has 2 aromatic rings. The summed E-state index contributed by atoms with van der Waals surface area (Å²) in [6.07, 6.45) is 1.79. The number of hydrogen-bond acceptors (Lipinski definition) is 4. The van der Waals surface area contributed by atoms with Crippen molar-refractivity contribution in [1.29, 1.82) is 0 Å². The number of rotatable bonds is 5. The van der Waals surface area contributed by atoms with Crippen LogP contribution in [0.2, 0.25) is 0 Å². The lowest BCUT2D eigenvalue weighted by atomic mass is 9.98. The number of aliphatic hydroxyl groups excluding tert-OH is 1. The van der Waals surface area contributed by atoms with Gasteiger partial charge in [-0.1, -0.05) is 24.3 Å². The number of ether oxygens (including phenoxy) is 1. The molecule has 0 atom stereocenters. The minimum Gasteiger partial charge on any atom is -0.504 e. The molecule has 1 aliphatic heterocycles. The molecule has 1 heterocycles. The molecule has 0 saturated carbocycles. The van der Waals surface area contributed by atoms with Gasteiger partial charge in [0.05, 0.1) is 0 Å². The molecule has 2 N–H and O–H groups in total. The van der Waals surface area contributed by atoms with Gasteiger partial charge in [0.1, 0.15) is 6.61 Å². The quantitative estimate of drug-likeness (QED) is 0.827. The molecule has 3 rings (SSSR count). The van der Waals surface area contributed by atoms with Crippen molar-refractivity contribution < 1.29 is 14.9 Å². The zero-order chi connectivity index (χ0) is 16.9. The Bertz CT molecular complexity index is 699. The Hall–Kier alpha value is -2.04. The molecule has 4 nitrogen and oxygen atoms in total. The van der Waals surface area contributed by atoms with E-state index in [1.54, 1.807) is 6.07 Å². The van der Waals surface area contributed by atoms with Crippen LogP contribution in [0, 0.1) is 6.92 Å². The molecule has 0 radical (unpaired) electrons. The van der Waals surface area contributed by atoms with E-state index in [1.165, 1.54) is 5.56 Å². The normalized spacial score (nSPS) is 14.8. The molecule has 24 heavy (non-hydrogen) atoms. The Morgan fingerprint density at radius 2 is 2.00 bits per heavy atom. The van der Waals surface area contributed by atoms with Gasteiger partial charge in [0.2, 0.25) is 0 Å². The fourth-order valence-electron chi connectivity index (χ4n) is 3.24. The molecule has 0 unspecified atom stereocenters. The third-order valence-corrected chi connectivity index (χ3v) is 4.53. The first kappa shape index (κ1) is 16.8. The van der Waals surface area contributed by atoms with Gasteiger partial charge >= 0.3 is 0 Å². The number of phenolic OH excluding ortho intramolecular Hbond substituents is 1. The van der Waals surface area contributed by atoms with E-state index in [9.17, 15) is 5.11 Å². The van der Waals surface area contributed by atoms with Gasteiger partial charge in [-0.25, -0.2) is 0 Å². The summed E-state index contributed by atoms with van der Waals surface area (Å²) in [6, 6.07) is 12.1. The number of phenols is 1. The van der Waals surface area contributed by atoms with Crippen LogP contribution in [0.5, 0.6) is 11.5 Å². The third-order valence-electron chi connectivity index (χ3n) is 4.53. The third kappa shape index (κ3) is 3.71. The van der Waals surface area contributed by atoms with Crippen molar-refractivity contribution in [3.8, 4) is 22.6 Å². The highest BCUT2D eigenvalue weighted by atomic mass is 16.5. The maximum absolute atomic E-state index is 10.4. The van der Waals surface area contributed by atoms with Crippen LogP contribution in [0.1, 0.15) is 24.0 Å². The van der Waals surface area contributed by atoms with Crippen LogP contribution >= 0.6 is 0 Å². The highest BCUT2D eigenvalue weighted by molar-refractivity contribution is 5.71. The summed E-state index contributed by atoms with van der Waals surface area (Å²) >= 11 is 0. The first-order valence-electron chi connectivity index (χ1n) is 8.57. The van der Waals surface area contributed by atoms with Crippen LogP contribution in [0.25, 0.3) is 11.1 Å². The molecule has 0 fully saturated rings. The van der Waals surface area contributed by atoms with Crippen LogP contribution in [-0.4, -0.2) is 41.4 Å². The molecule has 2 aromatic carbocycles. The fourth-order valence-corrected chi connectivity index (χ4v) is 3.24. The predicted molar refractivity (Wildman–Crippen MR) is 95.4 cm³/mol. The van der Waals surface area contributed by atoms with Gasteiger partial charge in [0, 0.05) is 25.3 Å². The SMILES string of the molecule is Cc1ccccc1-c1cc(O)c2c(c1)CN(CCCCO)CCO2. The highest BCUT2D eigenvalue weighted by Gasteiger charge is 2.19. The standard InChI is InChI=1S/C20H25NO3/c1-15-6-2-3-7-18(15)16-12-17-14-21(8-4-5-10-22)9-11-24-20(17)19(23)13-16/h2-3,6-7,12-13,22-23H,4-5,8-11,14H2,1H3. The molecular formula is C20H25NO3. The van der Waals surface area contributed by atoms with E-state index < -0.39 is 0 Å². The van der Waals surface area contributed by atoms with E-state index in [0.717, 1.165) is 49.2 Å². The average Bonchev–Trinajstić information content (AvgIpc) is 2.78. The molecule has 128 valence electrons. The zero-order valence-corrected chi connectivity index (χ0v) is 14.2. The number of benzene rings is 2. The van der Waals surface area contributed by atoms with Crippen molar-refractivity contribution in [1.82, 2.24) is 4.90 Å². The zero-order valence-electron chi connectivity index (χ0n) is 14.2. The Balaban J connectivity index is 1.89. The maximum atomic E-state index is 10.4. The van der Waals surface area contributed by atoms with Gasteiger partial charge in [0.15, 0.2) is 11.5 Å². The topological polar surface area (TPSA) is 52.9 Å². The van der Waals surface area contributed by atoms with E-state index >= 15 is 0 Å². The second-order valence-corrected chi connectivity index (χ2v) is 6.35. The lowest BCUT2D eigenvalue weighted by Gasteiger charge is -2.19. The van der Waals surface area contributed by atoms with E-state index in [4.69, 9.17) is 9.84 Å². The number of aliphatic hydroxyl groups is 1. The fraction of sp³-hybridized carbons (Fsp3) is 0.400. The first-order valence-corrected chi connectivity index (χ1v) is 8.57. The second-order valence-electron chi connectivity index (χ2n) is 6.35. The summed E-state index contributed by atoms with van der Waals surface area (Å²) in [5.41, 5.74) is 4.36. The molecule has 0 aliphatic carbocycles. The molecule has 0 spiro atoms.